The third-order valence-corrected chi connectivity index (χ3v) is 5.13. The van der Waals surface area contributed by atoms with Crippen LogP contribution in [0.15, 0.2) is 18.2 Å². The minimum Gasteiger partial charge on any atom is -0.386 e. The summed E-state index contributed by atoms with van der Waals surface area (Å²) in [6.45, 7) is 10.3. The monoisotopic (exact) mass is 317 g/mol. The minimum atomic E-state index is -0.577. The summed E-state index contributed by atoms with van der Waals surface area (Å²) in [6, 6.07) is 5.39. The summed E-state index contributed by atoms with van der Waals surface area (Å²) in [5, 5.41) is 11.9. The van der Waals surface area contributed by atoms with Gasteiger partial charge in [0, 0.05) is 0 Å². The molecule has 0 saturated heterocycles. The fourth-order valence-corrected chi connectivity index (χ4v) is 3.41. The Bertz CT molecular complexity index is 428. The number of benzene rings is 1. The molecular weight excluding hydrogens is 293 g/mol. The minimum absolute atomic E-state index is 0.263. The second kappa shape index (κ2) is 7.65. The van der Waals surface area contributed by atoms with Crippen molar-refractivity contribution in [2.24, 2.45) is 0 Å². The van der Waals surface area contributed by atoms with Crippen molar-refractivity contribution in [2.75, 3.05) is 13.1 Å². The molecule has 1 N–H and O–H groups in total. The summed E-state index contributed by atoms with van der Waals surface area (Å²) >= 11 is 12.0. The maximum Gasteiger partial charge on any atom is 0.0973 e. The van der Waals surface area contributed by atoms with Crippen LogP contribution < -0.4 is 0 Å². The number of aliphatic hydroxyl groups is 1. The van der Waals surface area contributed by atoms with Crippen LogP contribution in [0.5, 0.6) is 0 Å². The van der Waals surface area contributed by atoms with E-state index in [9.17, 15) is 5.11 Å². The molecule has 0 aromatic heterocycles. The topological polar surface area (TPSA) is 23.5 Å². The van der Waals surface area contributed by atoms with Crippen molar-refractivity contribution in [2.45, 2.75) is 52.2 Å². The van der Waals surface area contributed by atoms with Gasteiger partial charge in [-0.1, -0.05) is 57.0 Å². The quantitative estimate of drug-likeness (QED) is 0.771. The van der Waals surface area contributed by atoms with Gasteiger partial charge in [0.1, 0.15) is 0 Å². The van der Waals surface area contributed by atoms with E-state index in [1.54, 1.807) is 12.1 Å². The summed E-state index contributed by atoms with van der Waals surface area (Å²) in [4.78, 5) is 2.33. The summed E-state index contributed by atoms with van der Waals surface area (Å²) in [7, 11) is 0. The van der Waals surface area contributed by atoms with Crippen molar-refractivity contribution in [1.82, 2.24) is 4.90 Å². The second-order valence-electron chi connectivity index (χ2n) is 5.06. The van der Waals surface area contributed by atoms with Gasteiger partial charge in [-0.3, -0.25) is 4.90 Å². The highest BCUT2D eigenvalue weighted by Crippen LogP contribution is 2.38. The van der Waals surface area contributed by atoms with E-state index in [0.29, 0.717) is 10.0 Å². The van der Waals surface area contributed by atoms with Crippen LogP contribution in [-0.4, -0.2) is 28.6 Å². The molecule has 0 heterocycles. The average molecular weight is 318 g/mol. The molecule has 0 saturated carbocycles. The van der Waals surface area contributed by atoms with E-state index in [1.165, 1.54) is 0 Å². The van der Waals surface area contributed by atoms with Gasteiger partial charge in [0.2, 0.25) is 0 Å². The van der Waals surface area contributed by atoms with Gasteiger partial charge in [-0.15, -0.1) is 0 Å². The molecule has 1 rings (SSSR count). The van der Waals surface area contributed by atoms with Crippen LogP contribution in [0.2, 0.25) is 10.0 Å². The average Bonchev–Trinajstić information content (AvgIpc) is 2.47. The van der Waals surface area contributed by atoms with E-state index in [1.807, 2.05) is 6.07 Å². The standard InChI is InChI=1S/C16H25Cl2NO/c1-5-16(6-2,19(7-3)8-4)15(20)12-9-10-13(17)14(18)11-12/h9-11,15,20H,5-8H2,1-4H3. The fourth-order valence-electron chi connectivity index (χ4n) is 3.10. The Labute approximate surface area is 132 Å². The third-order valence-electron chi connectivity index (χ3n) is 4.39. The highest BCUT2D eigenvalue weighted by Gasteiger charge is 2.39. The molecule has 0 aliphatic rings. The Kier molecular flexibility index (Phi) is 6.80. The summed E-state index contributed by atoms with van der Waals surface area (Å²) < 4.78 is 0. The molecule has 1 aromatic carbocycles. The molecule has 1 atom stereocenters. The lowest BCUT2D eigenvalue weighted by Crippen LogP contribution is -2.52. The zero-order chi connectivity index (χ0) is 15.3. The number of aliphatic hydroxyl groups excluding tert-OH is 1. The van der Waals surface area contributed by atoms with Gasteiger partial charge >= 0.3 is 0 Å². The van der Waals surface area contributed by atoms with Crippen LogP contribution >= 0.6 is 23.2 Å². The lowest BCUT2D eigenvalue weighted by atomic mass is 9.81. The first kappa shape index (κ1) is 17.8. The Morgan fingerprint density at radius 1 is 1.05 bits per heavy atom. The molecule has 0 aliphatic carbocycles. The van der Waals surface area contributed by atoms with E-state index < -0.39 is 6.10 Å². The van der Waals surface area contributed by atoms with Crippen molar-refractivity contribution in [3.05, 3.63) is 33.8 Å². The molecule has 20 heavy (non-hydrogen) atoms. The predicted octanol–water partition coefficient (Wildman–Crippen LogP) is 4.93. The summed E-state index contributed by atoms with van der Waals surface area (Å²) in [5.41, 5.74) is 0.565. The van der Waals surface area contributed by atoms with Gasteiger partial charge in [0.05, 0.1) is 21.7 Å². The first-order valence-corrected chi connectivity index (χ1v) is 8.10. The van der Waals surface area contributed by atoms with E-state index in [2.05, 4.69) is 32.6 Å². The van der Waals surface area contributed by atoms with Crippen LogP contribution in [-0.2, 0) is 0 Å². The molecule has 114 valence electrons. The molecule has 0 aliphatic heterocycles. The molecule has 0 radical (unpaired) electrons. The second-order valence-corrected chi connectivity index (χ2v) is 5.87. The van der Waals surface area contributed by atoms with Crippen LogP contribution in [0.3, 0.4) is 0 Å². The summed E-state index contributed by atoms with van der Waals surface area (Å²) in [5.74, 6) is 0. The van der Waals surface area contributed by atoms with Crippen molar-refractivity contribution in [3.63, 3.8) is 0 Å². The van der Waals surface area contributed by atoms with Gasteiger partial charge in [-0.05, 0) is 43.6 Å². The lowest BCUT2D eigenvalue weighted by Gasteiger charge is -2.46. The van der Waals surface area contributed by atoms with Gasteiger partial charge in [0.25, 0.3) is 0 Å². The molecule has 0 bridgehead atoms. The maximum atomic E-state index is 10.9. The number of hydrogen-bond acceptors (Lipinski definition) is 2. The maximum absolute atomic E-state index is 10.9. The SMILES string of the molecule is CCN(CC)C(CC)(CC)C(O)c1ccc(Cl)c(Cl)c1. The zero-order valence-electron chi connectivity index (χ0n) is 12.8. The number of rotatable bonds is 7. The summed E-state index contributed by atoms with van der Waals surface area (Å²) in [6.07, 6.45) is 1.19. The van der Waals surface area contributed by atoms with Gasteiger partial charge in [-0.2, -0.15) is 0 Å². The van der Waals surface area contributed by atoms with E-state index in [-0.39, 0.29) is 5.54 Å². The highest BCUT2D eigenvalue weighted by molar-refractivity contribution is 6.42. The van der Waals surface area contributed by atoms with E-state index in [4.69, 9.17) is 23.2 Å². The lowest BCUT2D eigenvalue weighted by molar-refractivity contribution is -0.0366. The first-order valence-electron chi connectivity index (χ1n) is 7.34. The van der Waals surface area contributed by atoms with Crippen LogP contribution in [0.25, 0.3) is 0 Å². The van der Waals surface area contributed by atoms with Crippen molar-refractivity contribution >= 4 is 23.2 Å². The number of hydrogen-bond donors (Lipinski definition) is 1. The number of likely N-dealkylation sites (N-methyl/N-ethyl adjacent to an activating group) is 1. The van der Waals surface area contributed by atoms with Crippen molar-refractivity contribution in [1.29, 1.82) is 0 Å². The molecule has 1 unspecified atom stereocenters. The normalized spacial score (nSPS) is 13.8. The highest BCUT2D eigenvalue weighted by atomic mass is 35.5. The third kappa shape index (κ3) is 3.30. The fraction of sp³-hybridized carbons (Fsp3) is 0.625. The van der Waals surface area contributed by atoms with Gasteiger partial charge < -0.3 is 5.11 Å². The Hall–Kier alpha value is -0.280. The van der Waals surface area contributed by atoms with Crippen LogP contribution in [0.4, 0.5) is 0 Å². The van der Waals surface area contributed by atoms with E-state index in [0.717, 1.165) is 31.5 Å². The largest absolute Gasteiger partial charge is 0.386 e. The molecule has 1 aromatic rings. The van der Waals surface area contributed by atoms with Crippen LogP contribution in [0.1, 0.15) is 52.2 Å². The first-order chi connectivity index (χ1) is 9.46. The van der Waals surface area contributed by atoms with E-state index >= 15 is 0 Å². The smallest absolute Gasteiger partial charge is 0.0973 e. The Balaban J connectivity index is 3.22. The van der Waals surface area contributed by atoms with Crippen molar-refractivity contribution < 1.29 is 5.11 Å². The molecule has 2 nitrogen and oxygen atoms in total. The molecule has 0 amide bonds. The zero-order valence-corrected chi connectivity index (χ0v) is 14.3. The van der Waals surface area contributed by atoms with Crippen LogP contribution in [0, 0.1) is 0 Å². The number of nitrogens with zero attached hydrogens (tertiary/aromatic N) is 1. The molecule has 0 spiro atoms. The Morgan fingerprint density at radius 2 is 1.60 bits per heavy atom. The molecular formula is C16H25Cl2NO. The van der Waals surface area contributed by atoms with Crippen molar-refractivity contribution in [3.8, 4) is 0 Å². The molecule has 0 fully saturated rings. The molecule has 4 heteroatoms. The van der Waals surface area contributed by atoms with Gasteiger partial charge in [0.15, 0.2) is 0 Å². The van der Waals surface area contributed by atoms with Gasteiger partial charge in [-0.25, -0.2) is 0 Å². The predicted molar refractivity (Wildman–Crippen MR) is 87.7 cm³/mol. The Morgan fingerprint density at radius 3 is 2.00 bits per heavy atom. The number of halogens is 2.